The molecule has 4 heteroatoms. The van der Waals surface area contributed by atoms with Crippen molar-refractivity contribution in [1.82, 2.24) is 0 Å². The van der Waals surface area contributed by atoms with Crippen LogP contribution < -0.4 is 0 Å². The molecule has 0 amide bonds. The first kappa shape index (κ1) is 8.08. The number of hydrogen-bond acceptors (Lipinski definition) is 0. The van der Waals surface area contributed by atoms with Gasteiger partial charge in [-0.25, -0.2) is 13.2 Å². The second-order valence-electron chi connectivity index (χ2n) is 1.42. The van der Waals surface area contributed by atoms with E-state index < -0.39 is 11.6 Å². The van der Waals surface area contributed by atoms with Crippen molar-refractivity contribution in [3.63, 3.8) is 0 Å². The van der Waals surface area contributed by atoms with Crippen LogP contribution in [0, 0.1) is 0 Å². The number of alkyl halides is 4. The quantitative estimate of drug-likeness (QED) is 0.526. The molecule has 0 nitrogen and oxygen atoms in total. The van der Waals surface area contributed by atoms with Crippen LogP contribution in [0.2, 0.25) is 0 Å². The van der Waals surface area contributed by atoms with Gasteiger partial charge in [-0.15, -0.1) is 0 Å². The van der Waals surface area contributed by atoms with Crippen molar-refractivity contribution in [2.24, 2.45) is 0 Å². The van der Waals surface area contributed by atoms with Gasteiger partial charge in [0.15, 0.2) is 0 Å². The summed E-state index contributed by atoms with van der Waals surface area (Å²) in [5, 5.41) is -2.82. The third-order valence-corrected chi connectivity index (χ3v) is 1.22. The summed E-state index contributed by atoms with van der Waals surface area (Å²) in [7, 11) is 0. The zero-order chi connectivity index (χ0) is 6.78. The lowest BCUT2D eigenvalue weighted by molar-refractivity contribution is 0.0198. The molecule has 0 saturated carbocycles. The van der Waals surface area contributed by atoms with E-state index in [0.29, 0.717) is 0 Å². The summed E-state index contributed by atoms with van der Waals surface area (Å²) in [4.78, 5) is 0. The Morgan fingerprint density at radius 2 is 2.00 bits per heavy atom. The number of hydrogen-bond donors (Lipinski definition) is 0. The van der Waals surface area contributed by atoms with Gasteiger partial charge in [0.1, 0.15) is 0 Å². The molecule has 8 heavy (non-hydrogen) atoms. The first-order valence-corrected chi connectivity index (χ1v) is 2.54. The Bertz CT molecular complexity index is 71.7. The first-order valence-electron chi connectivity index (χ1n) is 2.16. The lowest BCUT2D eigenvalue weighted by Gasteiger charge is -2.12. The Hall–Kier alpha value is 0.0800. The van der Waals surface area contributed by atoms with Crippen molar-refractivity contribution in [2.45, 2.75) is 24.9 Å². The summed E-state index contributed by atoms with van der Waals surface area (Å²) < 4.78 is 34.6. The molecular formula is C4H6ClF3. The molecule has 0 aromatic carbocycles. The van der Waals surface area contributed by atoms with Crippen molar-refractivity contribution in [1.29, 1.82) is 0 Å². The third-order valence-electron chi connectivity index (χ3n) is 0.791. The van der Waals surface area contributed by atoms with E-state index in [1.54, 1.807) is 0 Å². The van der Waals surface area contributed by atoms with E-state index in [1.165, 1.54) is 6.92 Å². The van der Waals surface area contributed by atoms with Crippen LogP contribution in [0.5, 0.6) is 0 Å². The van der Waals surface area contributed by atoms with Crippen molar-refractivity contribution < 1.29 is 13.2 Å². The SMILES string of the molecule is CCC(F)(Cl)C(F)F. The Morgan fingerprint density at radius 3 is 2.00 bits per heavy atom. The maximum absolute atomic E-state index is 12.0. The molecule has 0 rings (SSSR count). The molecule has 0 heterocycles. The highest BCUT2D eigenvalue weighted by atomic mass is 35.5. The van der Waals surface area contributed by atoms with Crippen LogP contribution in [0.4, 0.5) is 13.2 Å². The van der Waals surface area contributed by atoms with E-state index in [4.69, 9.17) is 0 Å². The molecule has 0 fully saturated rings. The smallest absolute Gasteiger partial charge is 0.220 e. The molecule has 0 aromatic rings. The summed E-state index contributed by atoms with van der Waals surface area (Å²) in [5.41, 5.74) is 0. The largest absolute Gasteiger partial charge is 0.285 e. The van der Waals surface area contributed by atoms with Gasteiger partial charge in [-0.1, -0.05) is 18.5 Å². The highest BCUT2D eigenvalue weighted by molar-refractivity contribution is 6.23. The summed E-state index contributed by atoms with van der Waals surface area (Å²) in [6.45, 7) is 1.26. The zero-order valence-corrected chi connectivity index (χ0v) is 5.05. The van der Waals surface area contributed by atoms with Crippen molar-refractivity contribution >= 4 is 11.6 Å². The average Bonchev–Trinajstić information content (AvgIpc) is 1.67. The molecule has 0 spiro atoms. The topological polar surface area (TPSA) is 0 Å². The fraction of sp³-hybridized carbons (Fsp3) is 1.00. The van der Waals surface area contributed by atoms with E-state index in [2.05, 4.69) is 11.6 Å². The monoisotopic (exact) mass is 146 g/mol. The van der Waals surface area contributed by atoms with Gasteiger partial charge < -0.3 is 0 Å². The molecule has 1 atom stereocenters. The van der Waals surface area contributed by atoms with Gasteiger partial charge in [0, 0.05) is 0 Å². The van der Waals surface area contributed by atoms with Crippen LogP contribution in [0.3, 0.4) is 0 Å². The maximum atomic E-state index is 12.0. The van der Waals surface area contributed by atoms with Crippen molar-refractivity contribution in [2.75, 3.05) is 0 Å². The molecule has 0 aromatic heterocycles. The average molecular weight is 147 g/mol. The van der Waals surface area contributed by atoms with E-state index >= 15 is 0 Å². The summed E-state index contributed by atoms with van der Waals surface area (Å²) in [5.74, 6) is 0. The predicted molar refractivity (Wildman–Crippen MR) is 26.0 cm³/mol. The number of rotatable bonds is 2. The molecule has 0 bridgehead atoms. The van der Waals surface area contributed by atoms with Crippen LogP contribution in [-0.2, 0) is 0 Å². The van der Waals surface area contributed by atoms with E-state index in [0.717, 1.165) is 0 Å². The van der Waals surface area contributed by atoms with Crippen LogP contribution >= 0.6 is 11.6 Å². The molecule has 0 aliphatic rings. The van der Waals surface area contributed by atoms with Crippen LogP contribution in [0.1, 0.15) is 13.3 Å². The fourth-order valence-corrected chi connectivity index (χ4v) is 0.154. The second kappa shape index (κ2) is 2.58. The van der Waals surface area contributed by atoms with Gasteiger partial charge in [-0.3, -0.25) is 0 Å². The molecule has 0 N–H and O–H groups in total. The van der Waals surface area contributed by atoms with Crippen LogP contribution in [0.25, 0.3) is 0 Å². The fourth-order valence-electron chi connectivity index (χ4n) is 0.154. The highest BCUT2D eigenvalue weighted by Crippen LogP contribution is 2.28. The maximum Gasteiger partial charge on any atom is 0.285 e. The molecular weight excluding hydrogens is 140 g/mol. The van der Waals surface area contributed by atoms with Crippen molar-refractivity contribution in [3.8, 4) is 0 Å². The number of halogens is 4. The lowest BCUT2D eigenvalue weighted by atomic mass is 10.3. The summed E-state index contributed by atoms with van der Waals surface area (Å²) >= 11 is 4.64. The molecule has 0 radical (unpaired) electrons. The molecule has 0 aliphatic heterocycles. The van der Waals surface area contributed by atoms with E-state index in [1.807, 2.05) is 0 Å². The van der Waals surface area contributed by atoms with Crippen LogP contribution in [-0.4, -0.2) is 11.6 Å². The standard InChI is InChI=1S/C4H6ClF3/c1-2-4(5,8)3(6)7/h3H,2H2,1H3. The van der Waals surface area contributed by atoms with E-state index in [-0.39, 0.29) is 6.42 Å². The third kappa shape index (κ3) is 1.90. The minimum absolute atomic E-state index is 0.369. The van der Waals surface area contributed by atoms with Crippen LogP contribution in [0.15, 0.2) is 0 Å². The first-order chi connectivity index (χ1) is 3.50. The Labute approximate surface area is 50.6 Å². The second-order valence-corrected chi connectivity index (χ2v) is 2.04. The minimum atomic E-state index is -3.09. The Kier molecular flexibility index (Phi) is 2.60. The normalized spacial score (nSPS) is 18.8. The minimum Gasteiger partial charge on any atom is -0.220 e. The predicted octanol–water partition coefficient (Wildman–Crippen LogP) is 2.57. The Morgan fingerprint density at radius 1 is 1.62 bits per heavy atom. The van der Waals surface area contributed by atoms with Gasteiger partial charge in [-0.05, 0) is 6.42 Å². The van der Waals surface area contributed by atoms with E-state index in [9.17, 15) is 13.2 Å². The molecule has 1 unspecified atom stereocenters. The summed E-state index contributed by atoms with van der Waals surface area (Å²) in [6.07, 6.45) is -3.46. The van der Waals surface area contributed by atoms with Gasteiger partial charge >= 0.3 is 0 Å². The zero-order valence-electron chi connectivity index (χ0n) is 4.30. The molecule has 0 aliphatic carbocycles. The van der Waals surface area contributed by atoms with Gasteiger partial charge in [0.2, 0.25) is 5.13 Å². The molecule has 50 valence electrons. The summed E-state index contributed by atoms with van der Waals surface area (Å²) in [6, 6.07) is 0. The van der Waals surface area contributed by atoms with Crippen molar-refractivity contribution in [3.05, 3.63) is 0 Å². The molecule has 0 saturated heterocycles. The Balaban J connectivity index is 3.71. The highest BCUT2D eigenvalue weighted by Gasteiger charge is 2.35. The van der Waals surface area contributed by atoms with Gasteiger partial charge in [0.05, 0.1) is 0 Å². The lowest BCUT2D eigenvalue weighted by Crippen LogP contribution is -2.23. The van der Waals surface area contributed by atoms with Gasteiger partial charge in [0.25, 0.3) is 6.43 Å². The van der Waals surface area contributed by atoms with Gasteiger partial charge in [-0.2, -0.15) is 0 Å².